The van der Waals surface area contributed by atoms with E-state index in [1.807, 2.05) is 0 Å². The zero-order chi connectivity index (χ0) is 14.1. The van der Waals surface area contributed by atoms with Crippen LogP contribution >= 0.6 is 0 Å². The van der Waals surface area contributed by atoms with Crippen LogP contribution < -0.4 is 0 Å². The molecular formula is C20H32O. The fourth-order valence-corrected chi connectivity index (χ4v) is 5.31. The van der Waals surface area contributed by atoms with Crippen LogP contribution in [0.3, 0.4) is 0 Å². The van der Waals surface area contributed by atoms with Crippen LogP contribution in [0.5, 0.6) is 0 Å². The maximum atomic E-state index is 5.71. The molecule has 3 aliphatic carbocycles. The number of rotatable bonds is 3. The van der Waals surface area contributed by atoms with Gasteiger partial charge in [-0.3, -0.25) is 0 Å². The van der Waals surface area contributed by atoms with E-state index in [-0.39, 0.29) is 0 Å². The van der Waals surface area contributed by atoms with Crippen LogP contribution in [-0.2, 0) is 4.74 Å². The van der Waals surface area contributed by atoms with Gasteiger partial charge < -0.3 is 4.74 Å². The summed E-state index contributed by atoms with van der Waals surface area (Å²) in [5.74, 6) is 3.84. The summed E-state index contributed by atoms with van der Waals surface area (Å²) in [6.07, 6.45) is 24.0. The number of epoxide rings is 1. The van der Waals surface area contributed by atoms with E-state index in [9.17, 15) is 0 Å². The first-order valence-corrected chi connectivity index (χ1v) is 9.72. The van der Waals surface area contributed by atoms with Crippen molar-refractivity contribution in [1.82, 2.24) is 0 Å². The SMILES string of the molecule is C(=C\C1CCC(C2CCC3OC3C2)CC1)/C1CCCCC1. The predicted molar refractivity (Wildman–Crippen MR) is 87.2 cm³/mol. The molecule has 21 heavy (non-hydrogen) atoms. The van der Waals surface area contributed by atoms with E-state index in [4.69, 9.17) is 4.74 Å². The van der Waals surface area contributed by atoms with Gasteiger partial charge in [-0.15, -0.1) is 0 Å². The van der Waals surface area contributed by atoms with Crippen molar-refractivity contribution in [3.05, 3.63) is 12.2 Å². The van der Waals surface area contributed by atoms with Gasteiger partial charge in [-0.05, 0) is 81.5 Å². The molecule has 3 unspecified atom stereocenters. The van der Waals surface area contributed by atoms with Gasteiger partial charge in [-0.1, -0.05) is 31.4 Å². The van der Waals surface area contributed by atoms with Crippen molar-refractivity contribution >= 4 is 0 Å². The molecule has 0 N–H and O–H groups in total. The highest BCUT2D eigenvalue weighted by molar-refractivity contribution is 4.98. The second-order valence-electron chi connectivity index (χ2n) is 8.24. The van der Waals surface area contributed by atoms with Crippen molar-refractivity contribution in [1.29, 1.82) is 0 Å². The van der Waals surface area contributed by atoms with Gasteiger partial charge in [-0.2, -0.15) is 0 Å². The fraction of sp³-hybridized carbons (Fsp3) is 0.900. The highest BCUT2D eigenvalue weighted by Crippen LogP contribution is 2.46. The highest BCUT2D eigenvalue weighted by atomic mass is 16.6. The Kier molecular flexibility index (Phi) is 4.39. The fourth-order valence-electron chi connectivity index (χ4n) is 5.31. The average Bonchev–Trinajstić information content (AvgIpc) is 3.33. The summed E-state index contributed by atoms with van der Waals surface area (Å²) in [6.45, 7) is 0. The van der Waals surface area contributed by atoms with Crippen molar-refractivity contribution in [2.75, 3.05) is 0 Å². The largest absolute Gasteiger partial charge is 0.370 e. The third-order valence-corrected chi connectivity index (χ3v) is 6.83. The molecule has 3 atom stereocenters. The molecule has 0 aromatic rings. The topological polar surface area (TPSA) is 12.5 Å². The maximum absolute atomic E-state index is 5.71. The average molecular weight is 288 g/mol. The lowest BCUT2D eigenvalue weighted by atomic mass is 9.71. The smallest absolute Gasteiger partial charge is 0.0844 e. The molecule has 1 heterocycles. The Morgan fingerprint density at radius 3 is 1.95 bits per heavy atom. The van der Waals surface area contributed by atoms with Gasteiger partial charge in [0, 0.05) is 0 Å². The zero-order valence-electron chi connectivity index (χ0n) is 13.5. The molecule has 0 amide bonds. The lowest BCUT2D eigenvalue weighted by Gasteiger charge is -2.34. The number of ether oxygens (including phenoxy) is 1. The first kappa shape index (κ1) is 14.3. The van der Waals surface area contributed by atoms with E-state index in [1.54, 1.807) is 0 Å². The molecule has 4 rings (SSSR count). The summed E-state index contributed by atoms with van der Waals surface area (Å²) >= 11 is 0. The molecule has 1 nitrogen and oxygen atoms in total. The van der Waals surface area contributed by atoms with Crippen molar-refractivity contribution in [3.8, 4) is 0 Å². The minimum Gasteiger partial charge on any atom is -0.370 e. The Balaban J connectivity index is 1.21. The molecule has 0 bridgehead atoms. The van der Waals surface area contributed by atoms with Gasteiger partial charge in [-0.25, -0.2) is 0 Å². The molecule has 0 radical (unpaired) electrons. The Morgan fingerprint density at radius 1 is 0.571 bits per heavy atom. The van der Waals surface area contributed by atoms with Gasteiger partial charge in [0.2, 0.25) is 0 Å². The van der Waals surface area contributed by atoms with Crippen molar-refractivity contribution in [2.24, 2.45) is 23.7 Å². The minimum atomic E-state index is 0.674. The summed E-state index contributed by atoms with van der Waals surface area (Å²) in [7, 11) is 0. The number of fused-ring (bicyclic) bond motifs is 1. The molecule has 118 valence electrons. The zero-order valence-corrected chi connectivity index (χ0v) is 13.5. The Bertz CT molecular complexity index is 360. The van der Waals surface area contributed by atoms with Gasteiger partial charge >= 0.3 is 0 Å². The minimum absolute atomic E-state index is 0.674. The van der Waals surface area contributed by atoms with E-state index < -0.39 is 0 Å². The number of hydrogen-bond acceptors (Lipinski definition) is 1. The van der Waals surface area contributed by atoms with E-state index >= 15 is 0 Å². The van der Waals surface area contributed by atoms with E-state index in [0.717, 1.165) is 23.7 Å². The van der Waals surface area contributed by atoms with Crippen LogP contribution in [0.2, 0.25) is 0 Å². The second-order valence-corrected chi connectivity index (χ2v) is 8.24. The molecule has 0 aromatic heterocycles. The van der Waals surface area contributed by atoms with Gasteiger partial charge in [0.1, 0.15) is 0 Å². The molecule has 1 aliphatic heterocycles. The third kappa shape index (κ3) is 3.55. The van der Waals surface area contributed by atoms with Crippen LogP contribution in [0.25, 0.3) is 0 Å². The van der Waals surface area contributed by atoms with Crippen molar-refractivity contribution in [2.45, 2.75) is 89.3 Å². The Labute approximate surface area is 130 Å². The van der Waals surface area contributed by atoms with E-state index in [1.165, 1.54) is 77.0 Å². The molecule has 0 aromatic carbocycles. The summed E-state index contributed by atoms with van der Waals surface area (Å²) < 4.78 is 5.71. The number of allylic oxidation sites excluding steroid dienone is 2. The van der Waals surface area contributed by atoms with Crippen molar-refractivity contribution < 1.29 is 4.74 Å². The van der Waals surface area contributed by atoms with Crippen LogP contribution in [0.15, 0.2) is 12.2 Å². The highest BCUT2D eigenvalue weighted by Gasteiger charge is 2.45. The van der Waals surface area contributed by atoms with Gasteiger partial charge in [0.25, 0.3) is 0 Å². The predicted octanol–water partition coefficient (Wildman–Crippen LogP) is 5.50. The van der Waals surface area contributed by atoms with Gasteiger partial charge in [0.05, 0.1) is 12.2 Å². The van der Waals surface area contributed by atoms with E-state index in [0.29, 0.717) is 12.2 Å². The summed E-state index contributed by atoms with van der Waals surface area (Å²) in [5, 5.41) is 0. The molecule has 3 saturated carbocycles. The maximum Gasteiger partial charge on any atom is 0.0844 e. The Morgan fingerprint density at radius 2 is 1.24 bits per heavy atom. The Hall–Kier alpha value is -0.300. The third-order valence-electron chi connectivity index (χ3n) is 6.83. The first-order valence-electron chi connectivity index (χ1n) is 9.72. The molecule has 4 aliphatic rings. The van der Waals surface area contributed by atoms with Gasteiger partial charge in [0.15, 0.2) is 0 Å². The lowest BCUT2D eigenvalue weighted by molar-refractivity contribution is 0.188. The van der Waals surface area contributed by atoms with Crippen LogP contribution in [0.1, 0.15) is 77.0 Å². The summed E-state index contributed by atoms with van der Waals surface area (Å²) in [6, 6.07) is 0. The van der Waals surface area contributed by atoms with Crippen molar-refractivity contribution in [3.63, 3.8) is 0 Å². The molecular weight excluding hydrogens is 256 g/mol. The molecule has 1 saturated heterocycles. The van der Waals surface area contributed by atoms with E-state index in [2.05, 4.69) is 12.2 Å². The second kappa shape index (κ2) is 6.44. The molecule has 1 heteroatoms. The number of hydrogen-bond donors (Lipinski definition) is 0. The molecule has 4 fully saturated rings. The quantitative estimate of drug-likeness (QED) is 0.493. The monoisotopic (exact) mass is 288 g/mol. The first-order chi connectivity index (χ1) is 10.4. The summed E-state index contributed by atoms with van der Waals surface area (Å²) in [5.41, 5.74) is 0. The molecule has 0 spiro atoms. The normalized spacial score (nSPS) is 44.7. The summed E-state index contributed by atoms with van der Waals surface area (Å²) in [4.78, 5) is 0. The standard InChI is InChI=1S/C20H32O/c1-2-4-15(5-3-1)6-7-16-8-10-17(11-9-16)18-12-13-19-20(14-18)21-19/h6-7,15-20H,1-5,8-14H2/b7-6+. The van der Waals surface area contributed by atoms with Crippen LogP contribution in [-0.4, -0.2) is 12.2 Å². The lowest BCUT2D eigenvalue weighted by Crippen LogP contribution is -2.25. The van der Waals surface area contributed by atoms with Crippen LogP contribution in [0.4, 0.5) is 0 Å². The van der Waals surface area contributed by atoms with Crippen LogP contribution in [0, 0.1) is 23.7 Å².